The van der Waals surface area contributed by atoms with Crippen molar-refractivity contribution in [1.82, 2.24) is 4.98 Å². The summed E-state index contributed by atoms with van der Waals surface area (Å²) in [4.78, 5) is 14.7. The van der Waals surface area contributed by atoms with Crippen LogP contribution in [0, 0.1) is 0 Å². The SMILES string of the molecule is O=c1[nH]c2c(c3c(O)cc(O)cc13)CCCC2. The van der Waals surface area contributed by atoms with Crippen LogP contribution in [0.1, 0.15) is 24.1 Å². The molecule has 3 N–H and O–H groups in total. The zero-order valence-corrected chi connectivity index (χ0v) is 9.29. The van der Waals surface area contributed by atoms with Crippen LogP contribution in [-0.2, 0) is 12.8 Å². The summed E-state index contributed by atoms with van der Waals surface area (Å²) in [6.07, 6.45) is 3.84. The normalized spacial score (nSPS) is 14.8. The molecule has 0 unspecified atom stereocenters. The molecule has 1 heterocycles. The largest absolute Gasteiger partial charge is 0.508 e. The summed E-state index contributed by atoms with van der Waals surface area (Å²) in [6, 6.07) is 2.69. The number of benzene rings is 1. The lowest BCUT2D eigenvalue weighted by Gasteiger charge is -2.18. The van der Waals surface area contributed by atoms with Gasteiger partial charge in [0, 0.05) is 17.1 Å². The highest BCUT2D eigenvalue weighted by atomic mass is 16.3. The van der Waals surface area contributed by atoms with Crippen molar-refractivity contribution in [3.8, 4) is 11.5 Å². The lowest BCUT2D eigenvalue weighted by Crippen LogP contribution is -2.15. The molecule has 1 aliphatic carbocycles. The standard InChI is InChI=1S/C13H13NO3/c15-7-5-9-12(11(16)6-7)8-3-1-2-4-10(8)14-13(9)17/h5-6,15-16H,1-4H2,(H,14,17). The summed E-state index contributed by atoms with van der Waals surface area (Å²) in [6.45, 7) is 0. The number of H-pyrrole nitrogens is 1. The third kappa shape index (κ3) is 1.48. The first-order valence-electron chi connectivity index (χ1n) is 5.76. The van der Waals surface area contributed by atoms with Gasteiger partial charge in [-0.2, -0.15) is 0 Å². The van der Waals surface area contributed by atoms with Crippen molar-refractivity contribution in [3.63, 3.8) is 0 Å². The lowest BCUT2D eigenvalue weighted by molar-refractivity contribution is 0.454. The van der Waals surface area contributed by atoms with E-state index in [0.717, 1.165) is 36.9 Å². The molecule has 0 radical (unpaired) electrons. The van der Waals surface area contributed by atoms with Crippen molar-refractivity contribution >= 4 is 10.8 Å². The third-order valence-corrected chi connectivity index (χ3v) is 3.38. The fourth-order valence-corrected chi connectivity index (χ4v) is 2.63. The van der Waals surface area contributed by atoms with Crippen molar-refractivity contribution in [2.45, 2.75) is 25.7 Å². The molecular weight excluding hydrogens is 218 g/mol. The molecule has 1 aromatic carbocycles. The molecule has 3 rings (SSSR count). The van der Waals surface area contributed by atoms with E-state index in [9.17, 15) is 15.0 Å². The van der Waals surface area contributed by atoms with Crippen molar-refractivity contribution in [1.29, 1.82) is 0 Å². The molecule has 0 spiro atoms. The van der Waals surface area contributed by atoms with E-state index < -0.39 is 0 Å². The number of phenols is 2. The van der Waals surface area contributed by atoms with Gasteiger partial charge in [0.25, 0.3) is 5.56 Å². The molecule has 0 fully saturated rings. The second-order valence-electron chi connectivity index (χ2n) is 4.51. The Morgan fingerprint density at radius 3 is 2.71 bits per heavy atom. The topological polar surface area (TPSA) is 73.3 Å². The van der Waals surface area contributed by atoms with Crippen molar-refractivity contribution in [2.75, 3.05) is 0 Å². The highest BCUT2D eigenvalue weighted by Gasteiger charge is 2.18. The van der Waals surface area contributed by atoms with E-state index in [1.165, 1.54) is 12.1 Å². The van der Waals surface area contributed by atoms with E-state index in [2.05, 4.69) is 4.98 Å². The number of aromatic amines is 1. The molecule has 0 saturated carbocycles. The highest BCUT2D eigenvalue weighted by Crippen LogP contribution is 2.34. The Labute approximate surface area is 97.5 Å². The molecule has 1 aliphatic rings. The number of aromatic hydroxyl groups is 2. The quantitative estimate of drug-likeness (QED) is 0.647. The molecule has 0 amide bonds. The van der Waals surface area contributed by atoms with Gasteiger partial charge in [-0.15, -0.1) is 0 Å². The average Bonchev–Trinajstić information content (AvgIpc) is 2.29. The second-order valence-corrected chi connectivity index (χ2v) is 4.51. The lowest BCUT2D eigenvalue weighted by atomic mass is 9.91. The summed E-state index contributed by atoms with van der Waals surface area (Å²) in [5.41, 5.74) is 1.70. The van der Waals surface area contributed by atoms with Crippen LogP contribution < -0.4 is 5.56 Å². The van der Waals surface area contributed by atoms with E-state index in [-0.39, 0.29) is 17.1 Å². The molecule has 88 valence electrons. The van der Waals surface area contributed by atoms with Crippen molar-refractivity contribution in [3.05, 3.63) is 33.7 Å². The Kier molecular flexibility index (Phi) is 2.11. The number of aromatic nitrogens is 1. The van der Waals surface area contributed by atoms with E-state index in [1.54, 1.807) is 0 Å². The Balaban J connectivity index is 2.49. The van der Waals surface area contributed by atoms with Crippen LogP contribution in [0.5, 0.6) is 11.5 Å². The number of hydrogen-bond acceptors (Lipinski definition) is 3. The minimum Gasteiger partial charge on any atom is -0.508 e. The van der Waals surface area contributed by atoms with Crippen LogP contribution >= 0.6 is 0 Å². The molecule has 0 atom stereocenters. The zero-order valence-electron chi connectivity index (χ0n) is 9.29. The Bertz CT molecular complexity index is 658. The predicted molar refractivity (Wildman–Crippen MR) is 64.5 cm³/mol. The molecule has 4 heteroatoms. The number of pyridine rings is 1. The van der Waals surface area contributed by atoms with Crippen molar-refractivity contribution < 1.29 is 10.2 Å². The fraction of sp³-hybridized carbons (Fsp3) is 0.308. The molecule has 0 aliphatic heterocycles. The van der Waals surface area contributed by atoms with Gasteiger partial charge < -0.3 is 15.2 Å². The monoisotopic (exact) mass is 231 g/mol. The Morgan fingerprint density at radius 2 is 1.88 bits per heavy atom. The highest BCUT2D eigenvalue weighted by molar-refractivity contribution is 5.92. The van der Waals surface area contributed by atoms with Gasteiger partial charge in [0.15, 0.2) is 0 Å². The van der Waals surface area contributed by atoms with Gasteiger partial charge in [-0.1, -0.05) is 0 Å². The summed E-state index contributed by atoms with van der Waals surface area (Å²) in [7, 11) is 0. The molecule has 17 heavy (non-hydrogen) atoms. The first kappa shape index (κ1) is 10.2. The van der Waals surface area contributed by atoms with E-state index in [4.69, 9.17) is 0 Å². The van der Waals surface area contributed by atoms with Gasteiger partial charge in [0.05, 0.1) is 5.39 Å². The summed E-state index contributed by atoms with van der Waals surface area (Å²) >= 11 is 0. The Morgan fingerprint density at radius 1 is 1.12 bits per heavy atom. The average molecular weight is 231 g/mol. The molecule has 0 saturated heterocycles. The third-order valence-electron chi connectivity index (χ3n) is 3.38. The van der Waals surface area contributed by atoms with Gasteiger partial charge in [-0.05, 0) is 37.3 Å². The minimum atomic E-state index is -0.244. The van der Waals surface area contributed by atoms with E-state index in [1.807, 2.05) is 0 Å². The first-order chi connectivity index (χ1) is 8.16. The van der Waals surface area contributed by atoms with Crippen LogP contribution in [-0.4, -0.2) is 15.2 Å². The van der Waals surface area contributed by atoms with E-state index >= 15 is 0 Å². The van der Waals surface area contributed by atoms with E-state index in [0.29, 0.717) is 10.8 Å². The molecule has 2 aromatic rings. The number of hydrogen-bond donors (Lipinski definition) is 3. The van der Waals surface area contributed by atoms with Crippen LogP contribution in [0.4, 0.5) is 0 Å². The first-order valence-corrected chi connectivity index (χ1v) is 5.76. The van der Waals surface area contributed by atoms with Crippen LogP contribution in [0.15, 0.2) is 16.9 Å². The summed E-state index contributed by atoms with van der Waals surface area (Å²) in [5.74, 6) is -0.0968. The number of rotatable bonds is 0. The number of phenolic OH excluding ortho intramolecular Hbond substituents is 2. The van der Waals surface area contributed by atoms with Gasteiger partial charge in [-0.3, -0.25) is 4.79 Å². The van der Waals surface area contributed by atoms with Crippen molar-refractivity contribution in [2.24, 2.45) is 0 Å². The van der Waals surface area contributed by atoms with Crippen LogP contribution in [0.25, 0.3) is 10.8 Å². The molecule has 4 nitrogen and oxygen atoms in total. The van der Waals surface area contributed by atoms with Crippen LogP contribution in [0.2, 0.25) is 0 Å². The van der Waals surface area contributed by atoms with Gasteiger partial charge in [0.1, 0.15) is 11.5 Å². The maximum Gasteiger partial charge on any atom is 0.256 e. The molecular formula is C13H13NO3. The summed E-state index contributed by atoms with van der Waals surface area (Å²) in [5, 5.41) is 20.3. The minimum absolute atomic E-state index is 0.00995. The maximum absolute atomic E-state index is 11.9. The second kappa shape index (κ2) is 3.52. The van der Waals surface area contributed by atoms with Gasteiger partial charge >= 0.3 is 0 Å². The molecule has 0 bridgehead atoms. The van der Waals surface area contributed by atoms with Crippen LogP contribution in [0.3, 0.4) is 0 Å². The smallest absolute Gasteiger partial charge is 0.256 e. The fourth-order valence-electron chi connectivity index (χ4n) is 2.63. The van der Waals surface area contributed by atoms with Gasteiger partial charge in [0.2, 0.25) is 0 Å². The maximum atomic E-state index is 11.9. The predicted octanol–water partition coefficient (Wildman–Crippen LogP) is 1.82. The Hall–Kier alpha value is -1.97. The molecule has 1 aromatic heterocycles. The zero-order chi connectivity index (χ0) is 12.0. The number of aryl methyl sites for hydroxylation is 2. The number of fused-ring (bicyclic) bond motifs is 3. The summed E-state index contributed by atoms with van der Waals surface area (Å²) < 4.78 is 0. The number of nitrogens with one attached hydrogen (secondary N) is 1. The van der Waals surface area contributed by atoms with Gasteiger partial charge in [-0.25, -0.2) is 0 Å².